The van der Waals surface area contributed by atoms with E-state index in [-0.39, 0.29) is 18.7 Å². The molecular weight excluding hydrogens is 264 g/mol. The van der Waals surface area contributed by atoms with Crippen LogP contribution in [0.3, 0.4) is 0 Å². The molecule has 20 heavy (non-hydrogen) atoms. The molecule has 1 N–H and O–H groups in total. The maximum atomic E-state index is 11.7. The van der Waals surface area contributed by atoms with Crippen molar-refractivity contribution in [2.24, 2.45) is 0 Å². The summed E-state index contributed by atoms with van der Waals surface area (Å²) in [4.78, 5) is 36.4. The second-order valence-corrected chi connectivity index (χ2v) is 4.81. The fourth-order valence-electron chi connectivity index (χ4n) is 2.10. The summed E-state index contributed by atoms with van der Waals surface area (Å²) in [5.74, 6) is -0.269. The smallest absolute Gasteiger partial charge is 0.330 e. The number of nitrogens with one attached hydrogen (secondary N) is 1. The van der Waals surface area contributed by atoms with Crippen molar-refractivity contribution < 1.29 is 14.3 Å². The van der Waals surface area contributed by atoms with E-state index in [0.717, 1.165) is 0 Å². The molecule has 0 radical (unpaired) electrons. The highest BCUT2D eigenvalue weighted by Crippen LogP contribution is 2.27. The van der Waals surface area contributed by atoms with E-state index in [1.54, 1.807) is 13.8 Å². The summed E-state index contributed by atoms with van der Waals surface area (Å²) in [5.41, 5.74) is -0.427. The first-order chi connectivity index (χ1) is 9.51. The Labute approximate surface area is 115 Å². The Bertz CT molecular complexity index is 604. The van der Waals surface area contributed by atoms with Crippen LogP contribution in [0.2, 0.25) is 0 Å². The van der Waals surface area contributed by atoms with Crippen molar-refractivity contribution in [3.63, 3.8) is 0 Å². The van der Waals surface area contributed by atoms with Crippen molar-refractivity contribution >= 4 is 5.97 Å². The minimum absolute atomic E-state index is 0.195. The van der Waals surface area contributed by atoms with Gasteiger partial charge in [-0.1, -0.05) is 6.92 Å². The minimum atomic E-state index is -0.489. The van der Waals surface area contributed by atoms with Gasteiger partial charge in [-0.2, -0.15) is 0 Å². The standard InChI is InChI=1S/C13H18N2O5/c1-3-11(16)19-7-9-4-5-10(20-9)15-6-8(2)12(17)14-13(15)18/h6,9-10H,3-5,7H2,1-2H3,(H,14,17,18)/t9-,10+/m0/s1. The van der Waals surface area contributed by atoms with Gasteiger partial charge in [0.05, 0.1) is 6.10 Å². The van der Waals surface area contributed by atoms with E-state index in [1.807, 2.05) is 0 Å². The van der Waals surface area contributed by atoms with Gasteiger partial charge in [0.2, 0.25) is 0 Å². The molecule has 1 saturated heterocycles. The molecule has 0 bridgehead atoms. The fraction of sp³-hybridized carbons (Fsp3) is 0.615. The minimum Gasteiger partial charge on any atom is -0.463 e. The number of hydrogen-bond acceptors (Lipinski definition) is 5. The van der Waals surface area contributed by atoms with Crippen molar-refractivity contribution in [2.45, 2.75) is 45.4 Å². The first-order valence-corrected chi connectivity index (χ1v) is 6.64. The van der Waals surface area contributed by atoms with Gasteiger partial charge >= 0.3 is 11.7 Å². The monoisotopic (exact) mass is 282 g/mol. The van der Waals surface area contributed by atoms with E-state index < -0.39 is 17.5 Å². The molecule has 7 nitrogen and oxygen atoms in total. The summed E-state index contributed by atoms with van der Waals surface area (Å²) < 4.78 is 12.1. The summed E-state index contributed by atoms with van der Waals surface area (Å²) in [6, 6.07) is 0. The molecule has 2 rings (SSSR count). The highest BCUT2D eigenvalue weighted by Gasteiger charge is 2.28. The number of aromatic amines is 1. The number of H-pyrrole nitrogens is 1. The zero-order valence-electron chi connectivity index (χ0n) is 11.5. The van der Waals surface area contributed by atoms with Gasteiger partial charge < -0.3 is 9.47 Å². The lowest BCUT2D eigenvalue weighted by atomic mass is 10.2. The molecule has 2 atom stereocenters. The number of carbonyl (C=O) groups is 1. The van der Waals surface area contributed by atoms with Crippen molar-refractivity contribution in [3.8, 4) is 0 Å². The number of nitrogens with zero attached hydrogens (tertiary/aromatic N) is 1. The summed E-state index contributed by atoms with van der Waals surface area (Å²) >= 11 is 0. The van der Waals surface area contributed by atoms with Gasteiger partial charge in [0, 0.05) is 18.2 Å². The van der Waals surface area contributed by atoms with E-state index in [2.05, 4.69) is 4.98 Å². The van der Waals surface area contributed by atoms with Gasteiger partial charge in [-0.05, 0) is 19.8 Å². The molecule has 1 aromatic rings. The van der Waals surface area contributed by atoms with Gasteiger partial charge in [-0.15, -0.1) is 0 Å². The molecule has 1 aromatic heterocycles. The number of aromatic nitrogens is 2. The maximum absolute atomic E-state index is 11.7. The average Bonchev–Trinajstić information content (AvgIpc) is 2.88. The number of ether oxygens (including phenoxy) is 2. The molecule has 0 spiro atoms. The van der Waals surface area contributed by atoms with Crippen molar-refractivity contribution in [3.05, 3.63) is 32.6 Å². The van der Waals surface area contributed by atoms with Crippen LogP contribution in [-0.4, -0.2) is 28.2 Å². The number of aryl methyl sites for hydroxylation is 1. The van der Waals surface area contributed by atoms with E-state index in [1.165, 1.54) is 10.8 Å². The molecule has 7 heteroatoms. The number of carbonyl (C=O) groups excluding carboxylic acids is 1. The molecule has 0 saturated carbocycles. The average molecular weight is 282 g/mol. The van der Waals surface area contributed by atoms with Crippen LogP contribution < -0.4 is 11.2 Å². The molecule has 0 aromatic carbocycles. The van der Waals surface area contributed by atoms with Gasteiger partial charge in [-0.3, -0.25) is 19.1 Å². The van der Waals surface area contributed by atoms with Crippen LogP contribution in [0.5, 0.6) is 0 Å². The van der Waals surface area contributed by atoms with Crippen LogP contribution in [0.4, 0.5) is 0 Å². The SMILES string of the molecule is CCC(=O)OC[C@@H]1CC[C@H](n2cc(C)c(=O)[nH]c2=O)O1. The molecule has 0 unspecified atom stereocenters. The van der Waals surface area contributed by atoms with Gasteiger partial charge in [0.1, 0.15) is 12.8 Å². The lowest BCUT2D eigenvalue weighted by molar-refractivity contribution is -0.148. The summed E-state index contributed by atoms with van der Waals surface area (Å²) in [7, 11) is 0. The Morgan fingerprint density at radius 2 is 2.25 bits per heavy atom. The normalized spacial score (nSPS) is 21.9. The Balaban J connectivity index is 2.03. The van der Waals surface area contributed by atoms with E-state index >= 15 is 0 Å². The Kier molecular flexibility index (Phi) is 4.39. The lowest BCUT2D eigenvalue weighted by Gasteiger charge is -2.16. The van der Waals surface area contributed by atoms with Crippen LogP contribution in [0.1, 0.15) is 38.0 Å². The van der Waals surface area contributed by atoms with Crippen LogP contribution in [0.15, 0.2) is 15.8 Å². The summed E-state index contributed by atoms with van der Waals surface area (Å²) in [6.07, 6.45) is 2.52. The van der Waals surface area contributed by atoms with Gasteiger partial charge in [0.15, 0.2) is 0 Å². The number of esters is 1. The predicted molar refractivity (Wildman–Crippen MR) is 70.5 cm³/mol. The molecule has 1 fully saturated rings. The summed E-state index contributed by atoms with van der Waals surface area (Å²) in [6.45, 7) is 3.55. The van der Waals surface area contributed by atoms with E-state index in [0.29, 0.717) is 24.8 Å². The van der Waals surface area contributed by atoms with Crippen LogP contribution in [0.25, 0.3) is 0 Å². The molecule has 0 amide bonds. The number of rotatable bonds is 4. The molecular formula is C13H18N2O5. The van der Waals surface area contributed by atoms with Crippen LogP contribution >= 0.6 is 0 Å². The Morgan fingerprint density at radius 1 is 1.50 bits per heavy atom. The predicted octanol–water partition coefficient (Wildman–Crippen LogP) is 0.476. The third-order valence-electron chi connectivity index (χ3n) is 3.26. The third-order valence-corrected chi connectivity index (χ3v) is 3.26. The maximum Gasteiger partial charge on any atom is 0.330 e. The molecule has 1 aliphatic rings. The second-order valence-electron chi connectivity index (χ2n) is 4.81. The molecule has 110 valence electrons. The van der Waals surface area contributed by atoms with Gasteiger partial charge in [-0.25, -0.2) is 4.79 Å². The van der Waals surface area contributed by atoms with Crippen molar-refractivity contribution in [2.75, 3.05) is 6.61 Å². The third kappa shape index (κ3) is 3.16. The molecule has 1 aliphatic heterocycles. The quantitative estimate of drug-likeness (QED) is 0.811. The first kappa shape index (κ1) is 14.5. The van der Waals surface area contributed by atoms with Crippen LogP contribution in [-0.2, 0) is 14.3 Å². The highest BCUT2D eigenvalue weighted by molar-refractivity contribution is 5.68. The lowest BCUT2D eigenvalue weighted by Crippen LogP contribution is -2.33. The molecule has 2 heterocycles. The number of hydrogen-bond donors (Lipinski definition) is 1. The topological polar surface area (TPSA) is 90.4 Å². The second kappa shape index (κ2) is 6.04. The Hall–Kier alpha value is -1.89. The Morgan fingerprint density at radius 3 is 2.95 bits per heavy atom. The van der Waals surface area contributed by atoms with Gasteiger partial charge in [0.25, 0.3) is 5.56 Å². The largest absolute Gasteiger partial charge is 0.463 e. The first-order valence-electron chi connectivity index (χ1n) is 6.64. The summed E-state index contributed by atoms with van der Waals surface area (Å²) in [5, 5.41) is 0. The van der Waals surface area contributed by atoms with Crippen LogP contribution in [0, 0.1) is 6.92 Å². The van der Waals surface area contributed by atoms with E-state index in [9.17, 15) is 14.4 Å². The zero-order chi connectivity index (χ0) is 14.7. The highest BCUT2D eigenvalue weighted by atomic mass is 16.6. The van der Waals surface area contributed by atoms with Crippen molar-refractivity contribution in [1.82, 2.24) is 9.55 Å². The fourth-order valence-corrected chi connectivity index (χ4v) is 2.10. The molecule has 0 aliphatic carbocycles. The van der Waals surface area contributed by atoms with E-state index in [4.69, 9.17) is 9.47 Å². The van der Waals surface area contributed by atoms with Crippen molar-refractivity contribution in [1.29, 1.82) is 0 Å². The zero-order valence-corrected chi connectivity index (χ0v) is 11.5.